The van der Waals surface area contributed by atoms with Crippen molar-refractivity contribution in [3.63, 3.8) is 0 Å². The highest BCUT2D eigenvalue weighted by Gasteiger charge is 2.18. The third kappa shape index (κ3) is 2.69. The number of H-pyrrole nitrogens is 1. The number of hydrogen-bond acceptors (Lipinski definition) is 2. The third-order valence-electron chi connectivity index (χ3n) is 6.95. The molecular formula is C31H19N3S. The minimum absolute atomic E-state index is 0.893. The molecule has 0 aliphatic heterocycles. The Morgan fingerprint density at radius 1 is 0.657 bits per heavy atom. The molecule has 0 saturated carbocycles. The van der Waals surface area contributed by atoms with Gasteiger partial charge in [0.25, 0.3) is 0 Å². The van der Waals surface area contributed by atoms with Gasteiger partial charge in [-0.2, -0.15) is 0 Å². The van der Waals surface area contributed by atoms with Crippen LogP contribution in [0, 0.1) is 0 Å². The van der Waals surface area contributed by atoms with Crippen LogP contribution in [0.1, 0.15) is 0 Å². The van der Waals surface area contributed by atoms with Crippen LogP contribution in [0.5, 0.6) is 0 Å². The Morgan fingerprint density at radius 2 is 1.43 bits per heavy atom. The lowest BCUT2D eigenvalue weighted by Crippen LogP contribution is -1.93. The van der Waals surface area contributed by atoms with Crippen LogP contribution in [-0.2, 0) is 0 Å². The van der Waals surface area contributed by atoms with E-state index in [-0.39, 0.29) is 0 Å². The van der Waals surface area contributed by atoms with Crippen LogP contribution in [0.25, 0.3) is 70.1 Å². The Bertz CT molecular complexity index is 2030. The number of fused-ring (bicyclic) bond motifs is 8. The highest BCUT2D eigenvalue weighted by atomic mass is 32.1. The van der Waals surface area contributed by atoms with Crippen LogP contribution in [0.15, 0.2) is 109 Å². The van der Waals surface area contributed by atoms with E-state index in [2.05, 4.69) is 101 Å². The first-order valence-corrected chi connectivity index (χ1v) is 12.6. The number of imidazole rings is 1. The molecule has 8 aromatic rings. The Kier molecular flexibility index (Phi) is 3.82. The van der Waals surface area contributed by atoms with Crippen LogP contribution >= 0.6 is 11.3 Å². The lowest BCUT2D eigenvalue weighted by molar-refractivity contribution is 1.19. The first-order valence-electron chi connectivity index (χ1n) is 11.7. The molecule has 164 valence electrons. The molecule has 35 heavy (non-hydrogen) atoms. The van der Waals surface area contributed by atoms with E-state index in [1.54, 1.807) is 0 Å². The van der Waals surface area contributed by atoms with Crippen molar-refractivity contribution in [1.29, 1.82) is 0 Å². The summed E-state index contributed by atoms with van der Waals surface area (Å²) in [5.41, 5.74) is 6.75. The van der Waals surface area contributed by atoms with Crippen molar-refractivity contribution in [3.8, 4) is 17.1 Å². The summed E-state index contributed by atoms with van der Waals surface area (Å²) in [6.45, 7) is 0. The molecule has 0 saturated heterocycles. The van der Waals surface area contributed by atoms with Crippen molar-refractivity contribution >= 4 is 64.3 Å². The summed E-state index contributed by atoms with van der Waals surface area (Å²) in [7, 11) is 0. The molecular weight excluding hydrogens is 446 g/mol. The van der Waals surface area contributed by atoms with E-state index in [0.29, 0.717) is 0 Å². The maximum atomic E-state index is 4.86. The predicted molar refractivity (Wildman–Crippen MR) is 149 cm³/mol. The molecule has 0 radical (unpaired) electrons. The van der Waals surface area contributed by atoms with E-state index in [4.69, 9.17) is 4.98 Å². The molecule has 0 amide bonds. The van der Waals surface area contributed by atoms with Gasteiger partial charge in [0.2, 0.25) is 0 Å². The maximum absolute atomic E-state index is 4.86. The zero-order valence-electron chi connectivity index (χ0n) is 18.7. The molecule has 0 aliphatic carbocycles. The Morgan fingerprint density at radius 3 is 2.34 bits per heavy atom. The second-order valence-corrected chi connectivity index (χ2v) is 9.99. The number of nitrogens with zero attached hydrogens (tertiary/aromatic N) is 2. The Hall–Kier alpha value is -4.41. The number of rotatable bonds is 2. The standard InChI is InChI=1S/C31H19N3S/c1-2-8-20(9-3-1)34-27-18-19(31-32-25-11-5-6-12-26(25)33-31)14-15-21(27)23-16-17-24-22-10-4-7-13-28(22)35-30(24)29(23)34/h1-18H,(H,32,33). The highest BCUT2D eigenvalue weighted by Crippen LogP contribution is 2.43. The summed E-state index contributed by atoms with van der Waals surface area (Å²) in [5.74, 6) is 0.893. The number of hydrogen-bond donors (Lipinski definition) is 1. The quantitative estimate of drug-likeness (QED) is 0.272. The zero-order valence-corrected chi connectivity index (χ0v) is 19.5. The molecule has 0 fully saturated rings. The molecule has 0 atom stereocenters. The number of thiophene rings is 1. The number of aromatic amines is 1. The second kappa shape index (κ2) is 7.05. The van der Waals surface area contributed by atoms with E-state index < -0.39 is 0 Å². The van der Waals surface area contributed by atoms with Crippen molar-refractivity contribution in [2.24, 2.45) is 0 Å². The van der Waals surface area contributed by atoms with Gasteiger partial charge >= 0.3 is 0 Å². The smallest absolute Gasteiger partial charge is 0.138 e. The molecule has 3 aromatic heterocycles. The van der Waals surface area contributed by atoms with Gasteiger partial charge in [-0.15, -0.1) is 11.3 Å². The van der Waals surface area contributed by atoms with Crippen LogP contribution in [0.2, 0.25) is 0 Å². The van der Waals surface area contributed by atoms with Crippen molar-refractivity contribution in [2.45, 2.75) is 0 Å². The minimum atomic E-state index is 0.893. The van der Waals surface area contributed by atoms with Gasteiger partial charge < -0.3 is 9.55 Å². The SMILES string of the molecule is c1ccc(-n2c3cc(-c4nc5ccccc5[nH]4)ccc3c3ccc4c5ccccc5sc4c32)cc1. The summed E-state index contributed by atoms with van der Waals surface area (Å²) in [5, 5.41) is 5.17. The topological polar surface area (TPSA) is 33.6 Å². The second-order valence-electron chi connectivity index (χ2n) is 8.94. The first kappa shape index (κ1) is 19.0. The maximum Gasteiger partial charge on any atom is 0.138 e. The average Bonchev–Trinajstić information content (AvgIpc) is 3.60. The molecule has 0 aliphatic rings. The summed E-state index contributed by atoms with van der Waals surface area (Å²) in [6, 6.07) is 38.9. The molecule has 3 nitrogen and oxygen atoms in total. The molecule has 0 spiro atoms. The molecule has 0 unspecified atom stereocenters. The number of nitrogens with one attached hydrogen (secondary N) is 1. The van der Waals surface area contributed by atoms with Gasteiger partial charge in [-0.05, 0) is 36.4 Å². The number of para-hydroxylation sites is 3. The largest absolute Gasteiger partial charge is 0.338 e. The van der Waals surface area contributed by atoms with Gasteiger partial charge in [0.05, 0.1) is 26.8 Å². The van der Waals surface area contributed by atoms with Crippen LogP contribution in [-0.4, -0.2) is 14.5 Å². The fourth-order valence-corrected chi connectivity index (χ4v) is 6.60. The minimum Gasteiger partial charge on any atom is -0.338 e. The molecule has 3 heterocycles. The summed E-state index contributed by atoms with van der Waals surface area (Å²) >= 11 is 1.88. The zero-order chi connectivity index (χ0) is 22.9. The third-order valence-corrected chi connectivity index (χ3v) is 8.14. The average molecular weight is 466 g/mol. The van der Waals surface area contributed by atoms with Gasteiger partial charge in [-0.25, -0.2) is 4.98 Å². The van der Waals surface area contributed by atoms with Gasteiger partial charge in [-0.3, -0.25) is 0 Å². The van der Waals surface area contributed by atoms with E-state index in [1.807, 2.05) is 29.5 Å². The summed E-state index contributed by atoms with van der Waals surface area (Å²) in [6.07, 6.45) is 0. The van der Waals surface area contributed by atoms with Crippen LogP contribution in [0.4, 0.5) is 0 Å². The van der Waals surface area contributed by atoms with Crippen molar-refractivity contribution < 1.29 is 0 Å². The molecule has 0 bridgehead atoms. The van der Waals surface area contributed by atoms with Crippen molar-refractivity contribution in [3.05, 3.63) is 109 Å². The Labute approximate surface area is 204 Å². The highest BCUT2D eigenvalue weighted by molar-refractivity contribution is 7.26. The fraction of sp³-hybridized carbons (Fsp3) is 0. The van der Waals surface area contributed by atoms with E-state index in [1.165, 1.54) is 47.7 Å². The van der Waals surface area contributed by atoms with Gasteiger partial charge in [-0.1, -0.05) is 72.8 Å². The van der Waals surface area contributed by atoms with Crippen molar-refractivity contribution in [2.75, 3.05) is 0 Å². The first-order chi connectivity index (χ1) is 17.3. The number of benzene rings is 5. The van der Waals surface area contributed by atoms with Crippen molar-refractivity contribution in [1.82, 2.24) is 14.5 Å². The van der Waals surface area contributed by atoms with E-state index >= 15 is 0 Å². The molecule has 4 heteroatoms. The normalized spacial score (nSPS) is 12.0. The number of aromatic nitrogens is 3. The molecule has 8 rings (SSSR count). The summed E-state index contributed by atoms with van der Waals surface area (Å²) in [4.78, 5) is 8.36. The van der Waals surface area contributed by atoms with Crippen LogP contribution < -0.4 is 0 Å². The summed E-state index contributed by atoms with van der Waals surface area (Å²) < 4.78 is 5.08. The van der Waals surface area contributed by atoms with Crippen LogP contribution in [0.3, 0.4) is 0 Å². The molecule has 5 aromatic carbocycles. The lowest BCUT2D eigenvalue weighted by atomic mass is 10.1. The van der Waals surface area contributed by atoms with Gasteiger partial charge in [0, 0.05) is 37.5 Å². The fourth-order valence-electron chi connectivity index (χ4n) is 5.36. The molecule has 1 N–H and O–H groups in total. The van der Waals surface area contributed by atoms with Gasteiger partial charge in [0.15, 0.2) is 0 Å². The van der Waals surface area contributed by atoms with Gasteiger partial charge in [0.1, 0.15) is 5.82 Å². The van der Waals surface area contributed by atoms with E-state index in [0.717, 1.165) is 22.4 Å². The van der Waals surface area contributed by atoms with E-state index in [9.17, 15) is 0 Å². The lowest BCUT2D eigenvalue weighted by Gasteiger charge is -2.09. The monoisotopic (exact) mass is 465 g/mol. The Balaban J connectivity index is 1.51. The predicted octanol–water partition coefficient (Wildman–Crippen LogP) is 8.69.